The number of carbonyl (C=O) groups excluding carboxylic acids is 3. The molecule has 3 amide bonds. The predicted octanol–water partition coefficient (Wildman–Crippen LogP) is 1.94. The standard InChI is InChI=1S/C17H14ClN5O3S/c18-14-6-5-13(27-14)16(25)20-7-11-8-23(9-21-11)12-3-1-10(2-4-12)22-17(26)15(19)24/h1-6,8-9H,7H2,(H2,19,24)(H,20,25)(H,22,26). The number of halogens is 1. The molecule has 8 nitrogen and oxygen atoms in total. The lowest BCUT2D eigenvalue weighted by molar-refractivity contribution is -0.134. The van der Waals surface area contributed by atoms with Crippen molar-refractivity contribution in [2.24, 2.45) is 5.73 Å². The zero-order valence-corrected chi connectivity index (χ0v) is 15.4. The van der Waals surface area contributed by atoms with E-state index in [4.69, 9.17) is 17.3 Å². The lowest BCUT2D eigenvalue weighted by Gasteiger charge is -2.05. The fraction of sp³-hybridized carbons (Fsp3) is 0.0588. The van der Waals surface area contributed by atoms with E-state index in [1.54, 1.807) is 53.5 Å². The Labute approximate surface area is 163 Å². The second kappa shape index (κ2) is 8.02. The van der Waals surface area contributed by atoms with Gasteiger partial charge in [-0.25, -0.2) is 4.98 Å². The van der Waals surface area contributed by atoms with Crippen molar-refractivity contribution in [3.8, 4) is 5.69 Å². The first kappa shape index (κ1) is 18.6. The number of amides is 3. The number of hydrogen-bond acceptors (Lipinski definition) is 5. The van der Waals surface area contributed by atoms with E-state index < -0.39 is 11.8 Å². The van der Waals surface area contributed by atoms with Crippen molar-refractivity contribution in [2.45, 2.75) is 6.54 Å². The Bertz CT molecular complexity index is 996. The van der Waals surface area contributed by atoms with E-state index in [9.17, 15) is 14.4 Å². The summed E-state index contributed by atoms with van der Waals surface area (Å²) in [6, 6.07) is 10.1. The van der Waals surface area contributed by atoms with E-state index in [-0.39, 0.29) is 12.5 Å². The molecule has 0 unspecified atom stereocenters. The van der Waals surface area contributed by atoms with Crippen molar-refractivity contribution in [2.75, 3.05) is 5.32 Å². The van der Waals surface area contributed by atoms with Crippen LogP contribution in [0, 0.1) is 0 Å². The maximum absolute atomic E-state index is 12.0. The maximum atomic E-state index is 12.0. The van der Waals surface area contributed by atoms with Crippen molar-refractivity contribution in [1.82, 2.24) is 14.9 Å². The number of anilines is 1. The molecule has 4 N–H and O–H groups in total. The van der Waals surface area contributed by atoms with Crippen LogP contribution in [0.5, 0.6) is 0 Å². The van der Waals surface area contributed by atoms with Crippen LogP contribution in [0.15, 0.2) is 48.9 Å². The molecule has 0 fully saturated rings. The lowest BCUT2D eigenvalue weighted by Crippen LogP contribution is -2.29. The van der Waals surface area contributed by atoms with Gasteiger partial charge in [0, 0.05) is 17.6 Å². The van der Waals surface area contributed by atoms with Crippen LogP contribution < -0.4 is 16.4 Å². The summed E-state index contributed by atoms with van der Waals surface area (Å²) in [6.45, 7) is 0.272. The molecule has 27 heavy (non-hydrogen) atoms. The van der Waals surface area contributed by atoms with Gasteiger partial charge < -0.3 is 20.9 Å². The van der Waals surface area contributed by atoms with Gasteiger partial charge in [-0.05, 0) is 36.4 Å². The van der Waals surface area contributed by atoms with Gasteiger partial charge >= 0.3 is 11.8 Å². The SMILES string of the molecule is NC(=O)C(=O)Nc1ccc(-n2cnc(CNC(=O)c3ccc(Cl)s3)c2)cc1. The first-order chi connectivity index (χ1) is 12.9. The minimum absolute atomic E-state index is 0.212. The van der Waals surface area contributed by atoms with Gasteiger partial charge in [-0.2, -0.15) is 0 Å². The van der Waals surface area contributed by atoms with Gasteiger partial charge in [-0.15, -0.1) is 11.3 Å². The van der Waals surface area contributed by atoms with E-state index >= 15 is 0 Å². The maximum Gasteiger partial charge on any atom is 0.313 e. The van der Waals surface area contributed by atoms with E-state index in [0.29, 0.717) is 20.6 Å². The van der Waals surface area contributed by atoms with Gasteiger partial charge in [0.05, 0.1) is 27.8 Å². The van der Waals surface area contributed by atoms with Crippen LogP contribution in [-0.2, 0) is 16.1 Å². The quantitative estimate of drug-likeness (QED) is 0.564. The number of hydrogen-bond donors (Lipinski definition) is 3. The number of primary amides is 1. The van der Waals surface area contributed by atoms with Gasteiger partial charge in [-0.3, -0.25) is 14.4 Å². The zero-order chi connectivity index (χ0) is 19.4. The Balaban J connectivity index is 1.61. The summed E-state index contributed by atoms with van der Waals surface area (Å²) in [6.07, 6.45) is 3.39. The van der Waals surface area contributed by atoms with E-state index in [1.165, 1.54) is 11.3 Å². The minimum atomic E-state index is -1.05. The Morgan fingerprint density at radius 3 is 2.52 bits per heavy atom. The van der Waals surface area contributed by atoms with Gasteiger partial charge in [0.2, 0.25) is 0 Å². The summed E-state index contributed by atoms with van der Waals surface area (Å²) >= 11 is 7.03. The van der Waals surface area contributed by atoms with Crippen LogP contribution in [0.4, 0.5) is 5.69 Å². The van der Waals surface area contributed by atoms with Crippen LogP contribution in [0.3, 0.4) is 0 Å². The number of nitrogens with one attached hydrogen (secondary N) is 2. The van der Waals surface area contributed by atoms with E-state index in [1.807, 2.05) is 0 Å². The van der Waals surface area contributed by atoms with Crippen molar-refractivity contribution < 1.29 is 14.4 Å². The first-order valence-electron chi connectivity index (χ1n) is 7.70. The number of nitrogens with two attached hydrogens (primary N) is 1. The molecule has 2 heterocycles. The highest BCUT2D eigenvalue weighted by molar-refractivity contribution is 7.17. The Morgan fingerprint density at radius 2 is 1.89 bits per heavy atom. The monoisotopic (exact) mass is 403 g/mol. The molecule has 3 rings (SSSR count). The molecule has 3 aromatic rings. The van der Waals surface area contributed by atoms with Gasteiger partial charge in [0.15, 0.2) is 0 Å². The van der Waals surface area contributed by atoms with Gasteiger partial charge in [0.1, 0.15) is 0 Å². The second-order valence-corrected chi connectivity index (χ2v) is 7.14. The summed E-state index contributed by atoms with van der Waals surface area (Å²) < 4.78 is 2.32. The van der Waals surface area contributed by atoms with Crippen molar-refractivity contribution in [3.05, 3.63) is 63.8 Å². The average molecular weight is 404 g/mol. The summed E-state index contributed by atoms with van der Waals surface area (Å²) in [5, 5.41) is 5.16. The number of nitrogens with zero attached hydrogens (tertiary/aromatic N) is 2. The van der Waals surface area contributed by atoms with Crippen LogP contribution in [0.2, 0.25) is 4.34 Å². The minimum Gasteiger partial charge on any atom is -0.361 e. The Hall–Kier alpha value is -3.17. The molecule has 0 saturated heterocycles. The van der Waals surface area contributed by atoms with E-state index in [0.717, 1.165) is 5.69 Å². The molecular weight excluding hydrogens is 390 g/mol. The highest BCUT2D eigenvalue weighted by Crippen LogP contribution is 2.21. The molecule has 0 radical (unpaired) electrons. The molecule has 0 spiro atoms. The third-order valence-corrected chi connectivity index (χ3v) is 4.74. The second-order valence-electron chi connectivity index (χ2n) is 5.42. The number of benzene rings is 1. The summed E-state index contributed by atoms with van der Waals surface area (Å²) in [5.41, 5.74) is 6.82. The van der Waals surface area contributed by atoms with Crippen LogP contribution in [0.25, 0.3) is 5.69 Å². The van der Waals surface area contributed by atoms with E-state index in [2.05, 4.69) is 15.6 Å². The average Bonchev–Trinajstić information content (AvgIpc) is 3.29. The van der Waals surface area contributed by atoms with Gasteiger partial charge in [0.25, 0.3) is 5.91 Å². The zero-order valence-electron chi connectivity index (χ0n) is 13.8. The fourth-order valence-electron chi connectivity index (χ4n) is 2.20. The molecule has 0 aliphatic carbocycles. The molecule has 0 aliphatic rings. The van der Waals surface area contributed by atoms with Crippen LogP contribution in [-0.4, -0.2) is 27.3 Å². The van der Waals surface area contributed by atoms with Crippen molar-refractivity contribution in [1.29, 1.82) is 0 Å². The smallest absolute Gasteiger partial charge is 0.313 e. The van der Waals surface area contributed by atoms with Crippen LogP contribution >= 0.6 is 22.9 Å². The van der Waals surface area contributed by atoms with Gasteiger partial charge in [-0.1, -0.05) is 11.6 Å². The molecule has 0 aliphatic heterocycles. The molecule has 1 aromatic carbocycles. The van der Waals surface area contributed by atoms with Crippen LogP contribution in [0.1, 0.15) is 15.4 Å². The highest BCUT2D eigenvalue weighted by atomic mass is 35.5. The molecule has 0 saturated carbocycles. The topological polar surface area (TPSA) is 119 Å². The highest BCUT2D eigenvalue weighted by Gasteiger charge is 2.10. The number of imidazole rings is 1. The third kappa shape index (κ3) is 4.72. The number of carbonyl (C=O) groups is 3. The normalized spacial score (nSPS) is 10.4. The van der Waals surface area contributed by atoms with Crippen molar-refractivity contribution >= 4 is 46.3 Å². The Morgan fingerprint density at radius 1 is 1.15 bits per heavy atom. The lowest BCUT2D eigenvalue weighted by atomic mass is 10.2. The molecule has 138 valence electrons. The third-order valence-electron chi connectivity index (χ3n) is 3.51. The summed E-state index contributed by atoms with van der Waals surface area (Å²) in [7, 11) is 0. The largest absolute Gasteiger partial charge is 0.361 e. The Kier molecular flexibility index (Phi) is 5.53. The predicted molar refractivity (Wildman–Crippen MR) is 102 cm³/mol. The summed E-state index contributed by atoms with van der Waals surface area (Å²) in [4.78, 5) is 38.8. The molecular formula is C17H14ClN5O3S. The number of rotatable bonds is 5. The molecule has 10 heteroatoms. The number of aromatic nitrogens is 2. The first-order valence-corrected chi connectivity index (χ1v) is 8.89. The summed E-state index contributed by atoms with van der Waals surface area (Å²) in [5.74, 6) is -2.14. The fourth-order valence-corrected chi connectivity index (χ4v) is 3.16. The number of thiophene rings is 1. The van der Waals surface area contributed by atoms with Crippen molar-refractivity contribution in [3.63, 3.8) is 0 Å². The molecule has 2 aromatic heterocycles. The molecule has 0 atom stereocenters. The molecule has 0 bridgehead atoms.